The third kappa shape index (κ3) is 2.71. The molecule has 0 atom stereocenters. The van der Waals surface area contributed by atoms with Gasteiger partial charge < -0.3 is 10.5 Å². The van der Waals surface area contributed by atoms with Crippen molar-refractivity contribution in [2.45, 2.75) is 6.92 Å². The first-order valence-electron chi connectivity index (χ1n) is 5.45. The second-order valence-corrected chi connectivity index (χ2v) is 4.80. The fourth-order valence-corrected chi connectivity index (χ4v) is 1.95. The summed E-state index contributed by atoms with van der Waals surface area (Å²) in [5.41, 5.74) is 7.21. The van der Waals surface area contributed by atoms with Gasteiger partial charge in [-0.1, -0.05) is 23.8 Å². The molecule has 18 heavy (non-hydrogen) atoms. The Balaban J connectivity index is 2.41. The highest BCUT2D eigenvalue weighted by Gasteiger charge is 2.09. The third-order valence-electron chi connectivity index (χ3n) is 2.48. The first-order chi connectivity index (χ1) is 8.58. The summed E-state index contributed by atoms with van der Waals surface area (Å²) in [6.45, 7) is 1.95. The maximum Gasteiger partial charge on any atom is 0.141 e. The quantitative estimate of drug-likeness (QED) is 0.668. The van der Waals surface area contributed by atoms with E-state index in [4.69, 9.17) is 15.9 Å². The van der Waals surface area contributed by atoms with Crippen LogP contribution in [0.5, 0.6) is 11.5 Å². The molecule has 3 N–H and O–H groups in total. The number of para-hydroxylation sites is 1. The van der Waals surface area contributed by atoms with Gasteiger partial charge in [0.25, 0.3) is 0 Å². The van der Waals surface area contributed by atoms with Crippen molar-refractivity contribution >= 4 is 21.8 Å². The molecule has 2 aromatic rings. The summed E-state index contributed by atoms with van der Waals surface area (Å²) < 4.78 is 6.65. The van der Waals surface area contributed by atoms with Gasteiger partial charge in [0, 0.05) is 0 Å². The lowest BCUT2D eigenvalue weighted by Gasteiger charge is -2.12. The number of nitrogens with one attached hydrogen (secondary N) is 1. The van der Waals surface area contributed by atoms with Gasteiger partial charge in [-0.15, -0.1) is 0 Å². The van der Waals surface area contributed by atoms with E-state index in [0.29, 0.717) is 17.1 Å². The van der Waals surface area contributed by atoms with Crippen LogP contribution in [0.2, 0.25) is 0 Å². The maximum atomic E-state index is 7.58. The van der Waals surface area contributed by atoms with Crippen LogP contribution in [0, 0.1) is 12.3 Å². The average Bonchev–Trinajstić information content (AvgIpc) is 2.34. The molecule has 4 heteroatoms. The van der Waals surface area contributed by atoms with Gasteiger partial charge in [-0.25, -0.2) is 0 Å². The largest absolute Gasteiger partial charge is 0.455 e. The average molecular weight is 305 g/mol. The zero-order valence-corrected chi connectivity index (χ0v) is 11.5. The molecule has 0 saturated heterocycles. The zero-order chi connectivity index (χ0) is 13.1. The van der Waals surface area contributed by atoms with Gasteiger partial charge in [0.05, 0.1) is 10.0 Å². The van der Waals surface area contributed by atoms with Crippen molar-refractivity contribution in [1.29, 1.82) is 5.41 Å². The molecule has 0 aliphatic carbocycles. The minimum Gasteiger partial charge on any atom is -0.455 e. The predicted octanol–water partition coefficient (Wildman–Crippen LogP) is 3.83. The van der Waals surface area contributed by atoms with E-state index in [-0.39, 0.29) is 5.84 Å². The summed E-state index contributed by atoms with van der Waals surface area (Å²) in [6.07, 6.45) is 0. The van der Waals surface area contributed by atoms with Gasteiger partial charge in [-0.05, 0) is 47.1 Å². The summed E-state index contributed by atoms with van der Waals surface area (Å²) in [6, 6.07) is 13.2. The standard InChI is InChI=1S/C14H13BrN2O/c1-9-6-7-12(10(8-9)14(16)17)18-13-5-3-2-4-11(13)15/h2-8H,1H3,(H3,16,17). The molecule has 2 rings (SSSR count). The number of ether oxygens (including phenoxy) is 1. The summed E-state index contributed by atoms with van der Waals surface area (Å²) in [7, 11) is 0. The molecule has 2 aromatic carbocycles. The topological polar surface area (TPSA) is 59.1 Å². The summed E-state index contributed by atoms with van der Waals surface area (Å²) >= 11 is 3.42. The van der Waals surface area contributed by atoms with Crippen LogP contribution in [0.3, 0.4) is 0 Å². The van der Waals surface area contributed by atoms with E-state index in [1.165, 1.54) is 0 Å². The SMILES string of the molecule is Cc1ccc(Oc2ccccc2Br)c(C(=N)N)c1. The molecule has 0 bridgehead atoms. The number of aryl methyl sites for hydroxylation is 1. The molecule has 92 valence electrons. The summed E-state index contributed by atoms with van der Waals surface area (Å²) in [5.74, 6) is 1.28. The molecule has 0 unspecified atom stereocenters. The van der Waals surface area contributed by atoms with Gasteiger partial charge in [0.1, 0.15) is 17.3 Å². The molecular formula is C14H13BrN2O. The first-order valence-corrected chi connectivity index (χ1v) is 6.24. The van der Waals surface area contributed by atoms with Crippen molar-refractivity contribution in [2.24, 2.45) is 5.73 Å². The van der Waals surface area contributed by atoms with E-state index in [1.807, 2.05) is 49.4 Å². The van der Waals surface area contributed by atoms with E-state index >= 15 is 0 Å². The van der Waals surface area contributed by atoms with Crippen molar-refractivity contribution in [3.63, 3.8) is 0 Å². The van der Waals surface area contributed by atoms with Crippen LogP contribution in [-0.4, -0.2) is 5.84 Å². The molecule has 0 saturated carbocycles. The normalized spacial score (nSPS) is 10.1. The van der Waals surface area contributed by atoms with E-state index in [1.54, 1.807) is 0 Å². The van der Waals surface area contributed by atoms with Crippen LogP contribution in [0.15, 0.2) is 46.9 Å². The Morgan fingerprint density at radius 3 is 2.56 bits per heavy atom. The second-order valence-electron chi connectivity index (χ2n) is 3.95. The Hall–Kier alpha value is -1.81. The minimum atomic E-state index is 0.000698. The minimum absolute atomic E-state index is 0.000698. The molecule has 0 amide bonds. The number of nitrogens with two attached hydrogens (primary N) is 1. The molecular weight excluding hydrogens is 292 g/mol. The fraction of sp³-hybridized carbons (Fsp3) is 0.0714. The van der Waals surface area contributed by atoms with Crippen LogP contribution in [0.25, 0.3) is 0 Å². The lowest BCUT2D eigenvalue weighted by Crippen LogP contribution is -2.12. The molecule has 0 aliphatic rings. The zero-order valence-electron chi connectivity index (χ0n) is 9.91. The molecule has 0 aliphatic heterocycles. The summed E-state index contributed by atoms with van der Waals surface area (Å²) in [4.78, 5) is 0. The lowest BCUT2D eigenvalue weighted by molar-refractivity contribution is 0.478. The summed E-state index contributed by atoms with van der Waals surface area (Å²) in [5, 5.41) is 7.58. The number of hydrogen-bond donors (Lipinski definition) is 2. The maximum absolute atomic E-state index is 7.58. The number of benzene rings is 2. The number of halogens is 1. The number of nitrogen functional groups attached to an aromatic ring is 1. The van der Waals surface area contributed by atoms with Crippen LogP contribution in [0.1, 0.15) is 11.1 Å². The van der Waals surface area contributed by atoms with Crippen molar-refractivity contribution < 1.29 is 4.74 Å². The predicted molar refractivity (Wildman–Crippen MR) is 76.4 cm³/mol. The number of amidine groups is 1. The Morgan fingerprint density at radius 2 is 1.89 bits per heavy atom. The fourth-order valence-electron chi connectivity index (χ4n) is 1.59. The van der Waals surface area contributed by atoms with Crippen molar-refractivity contribution in [3.8, 4) is 11.5 Å². The molecule has 0 radical (unpaired) electrons. The van der Waals surface area contributed by atoms with Crippen molar-refractivity contribution in [3.05, 3.63) is 58.1 Å². The highest BCUT2D eigenvalue weighted by atomic mass is 79.9. The van der Waals surface area contributed by atoms with Crippen LogP contribution in [-0.2, 0) is 0 Å². The molecule has 0 heterocycles. The monoisotopic (exact) mass is 304 g/mol. The Labute approximate surface area is 114 Å². The van der Waals surface area contributed by atoms with E-state index in [0.717, 1.165) is 10.0 Å². The Bertz CT molecular complexity index is 596. The highest BCUT2D eigenvalue weighted by molar-refractivity contribution is 9.10. The third-order valence-corrected chi connectivity index (χ3v) is 3.14. The number of rotatable bonds is 3. The van der Waals surface area contributed by atoms with Gasteiger partial charge >= 0.3 is 0 Å². The van der Waals surface area contributed by atoms with E-state index in [2.05, 4.69) is 15.9 Å². The molecule has 0 fully saturated rings. The van der Waals surface area contributed by atoms with Gasteiger partial charge in [0.2, 0.25) is 0 Å². The lowest BCUT2D eigenvalue weighted by atomic mass is 10.1. The first kappa shape index (κ1) is 12.6. The molecule has 0 aromatic heterocycles. The van der Waals surface area contributed by atoms with E-state index in [9.17, 15) is 0 Å². The van der Waals surface area contributed by atoms with Crippen molar-refractivity contribution in [1.82, 2.24) is 0 Å². The van der Waals surface area contributed by atoms with Crippen LogP contribution >= 0.6 is 15.9 Å². The Morgan fingerprint density at radius 1 is 1.17 bits per heavy atom. The van der Waals surface area contributed by atoms with Crippen LogP contribution < -0.4 is 10.5 Å². The highest BCUT2D eigenvalue weighted by Crippen LogP contribution is 2.31. The van der Waals surface area contributed by atoms with Gasteiger partial charge in [-0.3, -0.25) is 5.41 Å². The second kappa shape index (κ2) is 5.23. The van der Waals surface area contributed by atoms with Crippen LogP contribution in [0.4, 0.5) is 0 Å². The smallest absolute Gasteiger partial charge is 0.141 e. The van der Waals surface area contributed by atoms with Crippen molar-refractivity contribution in [2.75, 3.05) is 0 Å². The van der Waals surface area contributed by atoms with E-state index < -0.39 is 0 Å². The Kier molecular flexibility index (Phi) is 3.67. The molecule has 0 spiro atoms. The number of hydrogen-bond acceptors (Lipinski definition) is 2. The van der Waals surface area contributed by atoms with Gasteiger partial charge in [-0.2, -0.15) is 0 Å². The van der Waals surface area contributed by atoms with Gasteiger partial charge in [0.15, 0.2) is 0 Å². The molecule has 3 nitrogen and oxygen atoms in total.